The molecule has 0 fully saturated rings. The van der Waals surface area contributed by atoms with Crippen molar-refractivity contribution in [1.29, 1.82) is 0 Å². The van der Waals surface area contributed by atoms with Crippen LogP contribution in [0.2, 0.25) is 0 Å². The summed E-state index contributed by atoms with van der Waals surface area (Å²) in [7, 11) is 1.41. The molecule has 2 nitrogen and oxygen atoms in total. The molecule has 0 aliphatic rings. The Morgan fingerprint density at radius 3 is 2.62 bits per heavy atom. The third kappa shape index (κ3) is 9.12. The first kappa shape index (κ1) is 12.2. The molecule has 0 heterocycles. The molecule has 0 radical (unpaired) electrons. The van der Waals surface area contributed by atoms with Gasteiger partial charge in [0.05, 0.1) is 13.5 Å². The van der Waals surface area contributed by atoms with Crippen LogP contribution in [0.5, 0.6) is 0 Å². The van der Waals surface area contributed by atoms with Crippen LogP contribution >= 0.6 is 0 Å². The van der Waals surface area contributed by atoms with E-state index in [0.717, 1.165) is 6.42 Å². The molecule has 13 heavy (non-hydrogen) atoms. The fourth-order valence-corrected chi connectivity index (χ4v) is 1.07. The summed E-state index contributed by atoms with van der Waals surface area (Å²) in [4.78, 5) is 10.7. The summed E-state index contributed by atoms with van der Waals surface area (Å²) in [5.41, 5.74) is 0. The minimum atomic E-state index is -0.162. The molecule has 0 saturated heterocycles. The summed E-state index contributed by atoms with van der Waals surface area (Å²) in [6.45, 7) is 2.20. The first-order valence-corrected chi connectivity index (χ1v) is 5.03. The normalized spacial score (nSPS) is 10.6. The maximum atomic E-state index is 10.7. The van der Waals surface area contributed by atoms with Crippen LogP contribution in [0.15, 0.2) is 12.2 Å². The average Bonchev–Trinajstić information content (AvgIpc) is 2.16. The van der Waals surface area contributed by atoms with Gasteiger partial charge in [-0.25, -0.2) is 0 Å². The zero-order valence-corrected chi connectivity index (χ0v) is 8.71. The third-order valence-electron chi connectivity index (χ3n) is 1.90. The second-order valence-corrected chi connectivity index (χ2v) is 3.10. The molecule has 0 spiro atoms. The second kappa shape index (κ2) is 9.30. The monoisotopic (exact) mass is 184 g/mol. The van der Waals surface area contributed by atoms with Gasteiger partial charge in [-0.05, 0) is 12.8 Å². The zero-order chi connectivity index (χ0) is 9.94. The predicted octanol–water partition coefficient (Wildman–Crippen LogP) is 3.08. The van der Waals surface area contributed by atoms with E-state index in [4.69, 9.17) is 0 Å². The average molecular weight is 184 g/mol. The molecule has 76 valence electrons. The van der Waals surface area contributed by atoms with Crippen molar-refractivity contribution in [2.75, 3.05) is 7.11 Å². The topological polar surface area (TPSA) is 26.3 Å². The van der Waals surface area contributed by atoms with Crippen LogP contribution in [-0.2, 0) is 9.53 Å². The van der Waals surface area contributed by atoms with Crippen molar-refractivity contribution in [3.05, 3.63) is 12.2 Å². The summed E-state index contributed by atoms with van der Waals surface area (Å²) in [5.74, 6) is -0.162. The van der Waals surface area contributed by atoms with E-state index in [-0.39, 0.29) is 5.97 Å². The van der Waals surface area contributed by atoms with E-state index in [9.17, 15) is 4.79 Å². The van der Waals surface area contributed by atoms with Crippen LogP contribution < -0.4 is 0 Å². The number of esters is 1. The molecule has 0 aromatic heterocycles. The molecule has 0 aliphatic carbocycles. The number of rotatable bonds is 7. The number of carbonyl (C=O) groups excluding carboxylic acids is 1. The molecule has 0 amide bonds. The number of hydrogen-bond acceptors (Lipinski definition) is 2. The van der Waals surface area contributed by atoms with Crippen molar-refractivity contribution in [3.8, 4) is 0 Å². The number of allylic oxidation sites excluding steroid dienone is 1. The molecule has 0 N–H and O–H groups in total. The summed E-state index contributed by atoms with van der Waals surface area (Å²) in [6, 6.07) is 0. The summed E-state index contributed by atoms with van der Waals surface area (Å²) in [6.07, 6.45) is 10.5. The highest BCUT2D eigenvalue weighted by atomic mass is 16.5. The van der Waals surface area contributed by atoms with Gasteiger partial charge < -0.3 is 4.74 Å². The van der Waals surface area contributed by atoms with Gasteiger partial charge in [-0.2, -0.15) is 0 Å². The van der Waals surface area contributed by atoms with Gasteiger partial charge in [-0.15, -0.1) is 0 Å². The van der Waals surface area contributed by atoms with E-state index in [1.807, 2.05) is 6.08 Å². The molecule has 0 aromatic rings. The lowest BCUT2D eigenvalue weighted by Crippen LogP contribution is -1.96. The molecule has 0 saturated carbocycles. The molecule has 0 aliphatic heterocycles. The fourth-order valence-electron chi connectivity index (χ4n) is 1.07. The molecule has 2 heteroatoms. The highest BCUT2D eigenvalue weighted by Gasteiger charge is 1.92. The third-order valence-corrected chi connectivity index (χ3v) is 1.90. The van der Waals surface area contributed by atoms with E-state index in [0.29, 0.717) is 6.42 Å². The SMILES string of the molecule is CCCCCC/C=C/CC(=O)OC. The van der Waals surface area contributed by atoms with Crippen molar-refractivity contribution < 1.29 is 9.53 Å². The summed E-state index contributed by atoms with van der Waals surface area (Å²) >= 11 is 0. The lowest BCUT2D eigenvalue weighted by Gasteiger charge is -1.94. The van der Waals surface area contributed by atoms with Gasteiger partial charge in [-0.3, -0.25) is 4.79 Å². The number of methoxy groups -OCH3 is 1. The molecular weight excluding hydrogens is 164 g/mol. The predicted molar refractivity (Wildman–Crippen MR) is 54.5 cm³/mol. The van der Waals surface area contributed by atoms with Crippen molar-refractivity contribution in [1.82, 2.24) is 0 Å². The summed E-state index contributed by atoms with van der Waals surface area (Å²) < 4.78 is 4.51. The fraction of sp³-hybridized carbons (Fsp3) is 0.727. The molecular formula is C11H20O2. The Morgan fingerprint density at radius 1 is 1.23 bits per heavy atom. The lowest BCUT2D eigenvalue weighted by molar-refractivity contribution is -0.139. The van der Waals surface area contributed by atoms with Crippen molar-refractivity contribution in [2.45, 2.75) is 45.4 Å². The minimum Gasteiger partial charge on any atom is -0.469 e. The standard InChI is InChI=1S/C11H20O2/c1-3-4-5-6-7-8-9-10-11(12)13-2/h8-9H,3-7,10H2,1-2H3/b9-8+. The highest BCUT2D eigenvalue weighted by Crippen LogP contribution is 2.03. The maximum absolute atomic E-state index is 10.7. The van der Waals surface area contributed by atoms with Gasteiger partial charge in [0.1, 0.15) is 0 Å². The van der Waals surface area contributed by atoms with E-state index < -0.39 is 0 Å². The van der Waals surface area contributed by atoms with Crippen LogP contribution in [-0.4, -0.2) is 13.1 Å². The zero-order valence-electron chi connectivity index (χ0n) is 8.71. The van der Waals surface area contributed by atoms with Crippen LogP contribution in [0, 0.1) is 0 Å². The van der Waals surface area contributed by atoms with E-state index in [1.54, 1.807) is 0 Å². The van der Waals surface area contributed by atoms with Gasteiger partial charge in [0, 0.05) is 0 Å². The maximum Gasteiger partial charge on any atom is 0.309 e. The molecule has 0 bridgehead atoms. The van der Waals surface area contributed by atoms with Crippen molar-refractivity contribution >= 4 is 5.97 Å². The largest absolute Gasteiger partial charge is 0.469 e. The Labute approximate surface area is 81.0 Å². The van der Waals surface area contributed by atoms with E-state index in [1.165, 1.54) is 32.8 Å². The van der Waals surface area contributed by atoms with Crippen molar-refractivity contribution in [3.63, 3.8) is 0 Å². The smallest absolute Gasteiger partial charge is 0.309 e. The Bertz CT molecular complexity index is 150. The number of unbranched alkanes of at least 4 members (excludes halogenated alkanes) is 4. The van der Waals surface area contributed by atoms with Gasteiger partial charge in [-0.1, -0.05) is 38.3 Å². The summed E-state index contributed by atoms with van der Waals surface area (Å²) in [5, 5.41) is 0. The molecule has 0 rings (SSSR count). The Morgan fingerprint density at radius 2 is 2.00 bits per heavy atom. The molecule has 0 unspecified atom stereocenters. The van der Waals surface area contributed by atoms with Crippen LogP contribution in [0.4, 0.5) is 0 Å². The number of ether oxygens (including phenoxy) is 1. The lowest BCUT2D eigenvalue weighted by atomic mass is 10.1. The minimum absolute atomic E-state index is 0.162. The Hall–Kier alpha value is -0.790. The van der Waals surface area contributed by atoms with E-state index in [2.05, 4.69) is 17.7 Å². The van der Waals surface area contributed by atoms with Crippen LogP contribution in [0.25, 0.3) is 0 Å². The first-order valence-electron chi connectivity index (χ1n) is 5.03. The number of carbonyl (C=O) groups is 1. The quantitative estimate of drug-likeness (QED) is 0.345. The van der Waals surface area contributed by atoms with Gasteiger partial charge >= 0.3 is 5.97 Å². The Balaban J connectivity index is 3.17. The van der Waals surface area contributed by atoms with Gasteiger partial charge in [0.25, 0.3) is 0 Å². The second-order valence-electron chi connectivity index (χ2n) is 3.10. The number of hydrogen-bond donors (Lipinski definition) is 0. The Kier molecular flexibility index (Phi) is 8.73. The van der Waals surface area contributed by atoms with Crippen LogP contribution in [0.3, 0.4) is 0 Å². The van der Waals surface area contributed by atoms with Crippen LogP contribution in [0.1, 0.15) is 45.4 Å². The van der Waals surface area contributed by atoms with Crippen molar-refractivity contribution in [2.24, 2.45) is 0 Å². The first-order chi connectivity index (χ1) is 6.31. The molecule has 0 aromatic carbocycles. The highest BCUT2D eigenvalue weighted by molar-refractivity contribution is 5.70. The molecule has 0 atom stereocenters. The van der Waals surface area contributed by atoms with E-state index >= 15 is 0 Å². The van der Waals surface area contributed by atoms with Gasteiger partial charge in [0.15, 0.2) is 0 Å². The van der Waals surface area contributed by atoms with Gasteiger partial charge in [0.2, 0.25) is 0 Å².